The summed E-state index contributed by atoms with van der Waals surface area (Å²) in [5.41, 5.74) is 0.296. The van der Waals surface area contributed by atoms with Crippen LogP contribution in [-0.4, -0.2) is 42.1 Å². The van der Waals surface area contributed by atoms with E-state index in [1.54, 1.807) is 18.1 Å². The van der Waals surface area contributed by atoms with Crippen LogP contribution in [-0.2, 0) is 16.0 Å². The van der Waals surface area contributed by atoms with Crippen LogP contribution in [0.4, 0.5) is 0 Å². The standard InChI is InChI=1S/C20H27NO4/c1-3-12-20(19(23)24)13-5-14-21(15-20)18(22)7-4-6-16-8-10-17(25-2)11-9-16/h3,8-11H,1,4-7,12-15H2,2H3,(H,23,24)/t20-/m0/s1. The van der Waals surface area contributed by atoms with E-state index in [-0.39, 0.29) is 12.5 Å². The van der Waals surface area contributed by atoms with Gasteiger partial charge < -0.3 is 14.7 Å². The summed E-state index contributed by atoms with van der Waals surface area (Å²) in [6, 6.07) is 7.84. The second-order valence-electron chi connectivity index (χ2n) is 6.70. The number of aliphatic carboxylic acids is 1. The molecule has 136 valence electrons. The van der Waals surface area contributed by atoms with Gasteiger partial charge in [-0.1, -0.05) is 18.2 Å². The number of carbonyl (C=O) groups is 2. The van der Waals surface area contributed by atoms with Crippen molar-refractivity contribution >= 4 is 11.9 Å². The SMILES string of the molecule is C=CC[C@]1(C(=O)O)CCCN(C(=O)CCCc2ccc(OC)cc2)C1. The third-order valence-electron chi connectivity index (χ3n) is 4.93. The number of likely N-dealkylation sites (tertiary alicyclic amines) is 1. The molecule has 1 saturated heterocycles. The van der Waals surface area contributed by atoms with Crippen LogP contribution in [0.1, 0.15) is 37.7 Å². The molecule has 1 N–H and O–H groups in total. The lowest BCUT2D eigenvalue weighted by molar-refractivity contribution is -0.154. The second-order valence-corrected chi connectivity index (χ2v) is 6.70. The highest BCUT2D eigenvalue weighted by Crippen LogP contribution is 2.34. The molecule has 5 nitrogen and oxygen atoms in total. The van der Waals surface area contributed by atoms with Crippen molar-refractivity contribution in [2.75, 3.05) is 20.2 Å². The minimum atomic E-state index is -0.869. The van der Waals surface area contributed by atoms with Gasteiger partial charge in [0, 0.05) is 19.5 Å². The van der Waals surface area contributed by atoms with E-state index in [0.29, 0.717) is 25.8 Å². The molecule has 1 aromatic rings. The fourth-order valence-corrected chi connectivity index (χ4v) is 3.44. The molecule has 1 heterocycles. The third kappa shape index (κ3) is 4.84. The van der Waals surface area contributed by atoms with Gasteiger partial charge >= 0.3 is 5.97 Å². The van der Waals surface area contributed by atoms with Crippen molar-refractivity contribution in [3.05, 3.63) is 42.5 Å². The number of benzene rings is 1. The lowest BCUT2D eigenvalue weighted by Crippen LogP contribution is -2.49. The quantitative estimate of drug-likeness (QED) is 0.734. The molecular weight excluding hydrogens is 318 g/mol. The number of carboxylic acids is 1. The highest BCUT2D eigenvalue weighted by atomic mass is 16.5. The van der Waals surface area contributed by atoms with Gasteiger partial charge in [0.1, 0.15) is 5.75 Å². The molecule has 0 aliphatic carbocycles. The minimum Gasteiger partial charge on any atom is -0.497 e. The highest BCUT2D eigenvalue weighted by Gasteiger charge is 2.42. The zero-order valence-electron chi connectivity index (χ0n) is 14.9. The largest absolute Gasteiger partial charge is 0.497 e. The zero-order chi connectivity index (χ0) is 18.3. The van der Waals surface area contributed by atoms with Crippen molar-refractivity contribution in [2.45, 2.75) is 38.5 Å². The van der Waals surface area contributed by atoms with E-state index in [1.165, 1.54) is 5.56 Å². The highest BCUT2D eigenvalue weighted by molar-refractivity contribution is 5.80. The third-order valence-corrected chi connectivity index (χ3v) is 4.93. The van der Waals surface area contributed by atoms with Gasteiger partial charge in [0.2, 0.25) is 5.91 Å². The monoisotopic (exact) mass is 345 g/mol. The molecule has 1 aromatic carbocycles. The van der Waals surface area contributed by atoms with Crippen molar-refractivity contribution < 1.29 is 19.4 Å². The van der Waals surface area contributed by atoms with Crippen molar-refractivity contribution in [3.63, 3.8) is 0 Å². The van der Waals surface area contributed by atoms with Crippen molar-refractivity contribution in [1.29, 1.82) is 0 Å². The number of piperidine rings is 1. The van der Waals surface area contributed by atoms with Crippen molar-refractivity contribution in [3.8, 4) is 5.75 Å². The van der Waals surface area contributed by atoms with E-state index in [2.05, 4.69) is 6.58 Å². The van der Waals surface area contributed by atoms with Gasteiger partial charge in [-0.25, -0.2) is 0 Å². The molecule has 2 rings (SSSR count). The van der Waals surface area contributed by atoms with Crippen LogP contribution in [0.15, 0.2) is 36.9 Å². The first-order valence-corrected chi connectivity index (χ1v) is 8.76. The Morgan fingerprint density at radius 1 is 1.36 bits per heavy atom. The van der Waals surface area contributed by atoms with Gasteiger partial charge in [-0.05, 0) is 49.8 Å². The van der Waals surface area contributed by atoms with Crippen LogP contribution in [0.3, 0.4) is 0 Å². The topological polar surface area (TPSA) is 66.8 Å². The van der Waals surface area contributed by atoms with Crippen molar-refractivity contribution in [2.24, 2.45) is 5.41 Å². The normalized spacial score (nSPS) is 20.1. The first kappa shape index (κ1) is 19.0. The number of carbonyl (C=O) groups excluding carboxylic acids is 1. The summed E-state index contributed by atoms with van der Waals surface area (Å²) < 4.78 is 5.13. The van der Waals surface area contributed by atoms with Crippen LogP contribution in [0.2, 0.25) is 0 Å². The molecule has 0 bridgehead atoms. The van der Waals surface area contributed by atoms with Gasteiger partial charge in [0.05, 0.1) is 12.5 Å². The Morgan fingerprint density at radius 2 is 2.08 bits per heavy atom. The fraction of sp³-hybridized carbons (Fsp3) is 0.500. The van der Waals surface area contributed by atoms with Crippen LogP contribution in [0.25, 0.3) is 0 Å². The van der Waals surface area contributed by atoms with Crippen LogP contribution in [0, 0.1) is 5.41 Å². The maximum absolute atomic E-state index is 12.5. The molecular formula is C20H27NO4. The molecule has 0 radical (unpaired) electrons. The summed E-state index contributed by atoms with van der Waals surface area (Å²) >= 11 is 0. The molecule has 0 saturated carbocycles. The molecule has 1 amide bonds. The lowest BCUT2D eigenvalue weighted by atomic mass is 9.77. The van der Waals surface area contributed by atoms with E-state index in [4.69, 9.17) is 4.74 Å². The zero-order valence-corrected chi connectivity index (χ0v) is 14.9. The summed E-state index contributed by atoms with van der Waals surface area (Å²) in [4.78, 5) is 25.9. The number of allylic oxidation sites excluding steroid dienone is 1. The Balaban J connectivity index is 1.87. The van der Waals surface area contributed by atoms with Gasteiger partial charge in [0.15, 0.2) is 0 Å². The number of hydrogen-bond acceptors (Lipinski definition) is 3. The molecule has 0 unspecified atom stereocenters. The van der Waals surface area contributed by atoms with E-state index >= 15 is 0 Å². The summed E-state index contributed by atoms with van der Waals surface area (Å²) in [6.07, 6.45) is 5.39. The Morgan fingerprint density at radius 3 is 2.68 bits per heavy atom. The first-order valence-electron chi connectivity index (χ1n) is 8.76. The van der Waals surface area contributed by atoms with Gasteiger partial charge in [0.25, 0.3) is 0 Å². The number of nitrogens with zero attached hydrogens (tertiary/aromatic N) is 1. The minimum absolute atomic E-state index is 0.0444. The summed E-state index contributed by atoms with van der Waals surface area (Å²) in [5.74, 6) is 0.0337. The predicted molar refractivity (Wildman–Crippen MR) is 96.6 cm³/mol. The maximum atomic E-state index is 12.5. The van der Waals surface area contributed by atoms with Crippen LogP contribution in [0.5, 0.6) is 5.75 Å². The maximum Gasteiger partial charge on any atom is 0.311 e. The number of carboxylic acid groups (broad SMARTS) is 1. The van der Waals surface area contributed by atoms with Gasteiger partial charge in [-0.3, -0.25) is 9.59 Å². The van der Waals surface area contributed by atoms with Crippen LogP contribution >= 0.6 is 0 Å². The Labute approximate surface area is 149 Å². The number of hydrogen-bond donors (Lipinski definition) is 1. The lowest BCUT2D eigenvalue weighted by Gasteiger charge is -2.39. The number of methoxy groups -OCH3 is 1. The molecule has 1 aliphatic rings. The van der Waals surface area contributed by atoms with Crippen molar-refractivity contribution in [1.82, 2.24) is 4.90 Å². The van der Waals surface area contributed by atoms with Crippen LogP contribution < -0.4 is 4.74 Å². The summed E-state index contributed by atoms with van der Waals surface area (Å²) in [7, 11) is 1.63. The number of aryl methyl sites for hydroxylation is 1. The first-order chi connectivity index (χ1) is 12.0. The Bertz CT molecular complexity index is 611. The van der Waals surface area contributed by atoms with E-state index in [1.807, 2.05) is 24.3 Å². The molecule has 5 heteroatoms. The number of rotatable bonds is 8. The Kier molecular flexibility index (Phi) is 6.62. The van der Waals surface area contributed by atoms with Gasteiger partial charge in [-0.15, -0.1) is 6.58 Å². The van der Waals surface area contributed by atoms with E-state index in [9.17, 15) is 14.7 Å². The fourth-order valence-electron chi connectivity index (χ4n) is 3.44. The summed E-state index contributed by atoms with van der Waals surface area (Å²) in [5, 5.41) is 9.59. The average molecular weight is 345 g/mol. The molecule has 1 atom stereocenters. The number of amides is 1. The molecule has 25 heavy (non-hydrogen) atoms. The predicted octanol–water partition coefficient (Wildman–Crippen LogP) is 3.29. The van der Waals surface area contributed by atoms with E-state index < -0.39 is 11.4 Å². The second kappa shape index (κ2) is 8.70. The number of ether oxygens (including phenoxy) is 1. The van der Waals surface area contributed by atoms with Gasteiger partial charge in [-0.2, -0.15) is 0 Å². The molecule has 1 fully saturated rings. The average Bonchev–Trinajstić information content (AvgIpc) is 2.62. The molecule has 0 spiro atoms. The molecule has 0 aromatic heterocycles. The molecule has 1 aliphatic heterocycles. The Hall–Kier alpha value is -2.30. The smallest absolute Gasteiger partial charge is 0.311 e. The summed E-state index contributed by atoms with van der Waals surface area (Å²) in [6.45, 7) is 4.61. The van der Waals surface area contributed by atoms with E-state index in [0.717, 1.165) is 25.0 Å².